The number of carbonyl (C=O) groups excluding carboxylic acids is 1. The van der Waals surface area contributed by atoms with Gasteiger partial charge in [0.05, 0.1) is 0 Å². The van der Waals surface area contributed by atoms with Gasteiger partial charge in [0.1, 0.15) is 0 Å². The van der Waals surface area contributed by atoms with Crippen molar-refractivity contribution in [2.24, 2.45) is 0 Å². The Hall–Kier alpha value is -1.87. The molecule has 0 amide bonds. The van der Waals surface area contributed by atoms with E-state index in [-0.39, 0.29) is 11.7 Å². The van der Waals surface area contributed by atoms with Gasteiger partial charge in [-0.15, -0.1) is 0 Å². The summed E-state index contributed by atoms with van der Waals surface area (Å²) in [4.78, 5) is 15.9. The third kappa shape index (κ3) is 2.86. The van der Waals surface area contributed by atoms with Gasteiger partial charge < -0.3 is 4.98 Å². The van der Waals surface area contributed by atoms with Crippen molar-refractivity contribution in [3.63, 3.8) is 0 Å². The molecule has 0 bridgehead atoms. The minimum Gasteiger partial charge on any atom is -0.358 e. The van der Waals surface area contributed by atoms with Crippen molar-refractivity contribution in [1.29, 1.82) is 0 Å². The summed E-state index contributed by atoms with van der Waals surface area (Å²) in [5, 5.41) is 1.22. The van der Waals surface area contributed by atoms with Crippen LogP contribution < -0.4 is 0 Å². The van der Waals surface area contributed by atoms with Crippen LogP contribution in [-0.4, -0.2) is 10.8 Å². The van der Waals surface area contributed by atoms with E-state index in [9.17, 15) is 4.79 Å². The number of aromatic nitrogens is 1. The number of aromatic amines is 1. The zero-order chi connectivity index (χ0) is 15.7. The molecule has 1 atom stereocenters. The first-order valence-electron chi connectivity index (χ1n) is 7.42. The lowest BCUT2D eigenvalue weighted by Crippen LogP contribution is -2.05. The number of benzene rings is 2. The van der Waals surface area contributed by atoms with Crippen molar-refractivity contribution in [1.82, 2.24) is 4.98 Å². The Bertz CT molecular complexity index is 817. The first-order chi connectivity index (χ1) is 10.6. The zero-order valence-electron chi connectivity index (χ0n) is 12.7. The number of rotatable bonds is 4. The Balaban J connectivity index is 1.87. The number of ketones is 1. The number of carbonyl (C=O) groups is 1. The number of hydrogen-bond donors (Lipinski definition) is 1. The van der Waals surface area contributed by atoms with Crippen LogP contribution in [0.25, 0.3) is 10.9 Å². The Kier molecular flexibility index (Phi) is 4.16. The zero-order valence-corrected chi connectivity index (χ0v) is 14.3. The van der Waals surface area contributed by atoms with Crippen LogP contribution in [0.2, 0.25) is 0 Å². The molecule has 3 aromatic rings. The minimum absolute atomic E-state index is 0.185. The summed E-state index contributed by atoms with van der Waals surface area (Å²) in [6.07, 6.45) is 0.518. The highest BCUT2D eigenvalue weighted by Gasteiger charge is 2.18. The van der Waals surface area contributed by atoms with Gasteiger partial charge in [-0.1, -0.05) is 53.2 Å². The monoisotopic (exact) mass is 355 g/mol. The van der Waals surface area contributed by atoms with Crippen LogP contribution in [0.1, 0.15) is 40.9 Å². The van der Waals surface area contributed by atoms with E-state index in [2.05, 4.69) is 46.9 Å². The molecule has 0 saturated heterocycles. The lowest BCUT2D eigenvalue weighted by Gasteiger charge is -2.12. The largest absolute Gasteiger partial charge is 0.358 e. The Morgan fingerprint density at radius 3 is 2.55 bits per heavy atom. The summed E-state index contributed by atoms with van der Waals surface area (Å²) in [6, 6.07) is 15.8. The van der Waals surface area contributed by atoms with Gasteiger partial charge >= 0.3 is 0 Å². The average Bonchev–Trinajstić information content (AvgIpc) is 2.83. The molecule has 0 aliphatic rings. The maximum absolute atomic E-state index is 12.5. The molecular formula is C19H18BrNO. The number of halogens is 1. The molecule has 3 heteroatoms. The molecule has 1 heterocycles. The van der Waals surface area contributed by atoms with Crippen LogP contribution >= 0.6 is 15.9 Å². The average molecular weight is 356 g/mol. The van der Waals surface area contributed by atoms with Crippen LogP contribution in [0, 0.1) is 6.92 Å². The number of para-hydroxylation sites is 1. The van der Waals surface area contributed by atoms with Gasteiger partial charge in [-0.2, -0.15) is 0 Å². The second-order valence-electron chi connectivity index (χ2n) is 5.74. The van der Waals surface area contributed by atoms with Gasteiger partial charge in [-0.25, -0.2) is 0 Å². The molecule has 1 N–H and O–H groups in total. The predicted molar refractivity (Wildman–Crippen MR) is 94.5 cm³/mol. The normalized spacial score (nSPS) is 12.5. The van der Waals surface area contributed by atoms with Crippen molar-refractivity contribution >= 4 is 32.6 Å². The summed E-state index contributed by atoms with van der Waals surface area (Å²) in [7, 11) is 0. The molecule has 0 unspecified atom stereocenters. The fraction of sp³-hybridized carbons (Fsp3) is 0.211. The number of H-pyrrole nitrogens is 1. The van der Waals surface area contributed by atoms with Crippen molar-refractivity contribution in [2.45, 2.75) is 26.2 Å². The quantitative estimate of drug-likeness (QED) is 0.605. The van der Waals surface area contributed by atoms with Crippen LogP contribution in [0.3, 0.4) is 0 Å². The van der Waals surface area contributed by atoms with Crippen molar-refractivity contribution in [3.05, 3.63) is 69.8 Å². The van der Waals surface area contributed by atoms with Gasteiger partial charge in [-0.3, -0.25) is 4.79 Å². The van der Waals surface area contributed by atoms with Crippen LogP contribution in [0.4, 0.5) is 0 Å². The first kappa shape index (κ1) is 15.0. The van der Waals surface area contributed by atoms with E-state index in [0.717, 1.165) is 21.2 Å². The maximum atomic E-state index is 12.5. The minimum atomic E-state index is 0.185. The second kappa shape index (κ2) is 6.09. The van der Waals surface area contributed by atoms with Crippen molar-refractivity contribution in [3.8, 4) is 0 Å². The predicted octanol–water partition coefficient (Wildman–Crippen LogP) is 5.62. The summed E-state index contributed by atoms with van der Waals surface area (Å²) in [5.41, 5.74) is 4.31. The highest BCUT2D eigenvalue weighted by atomic mass is 79.9. The number of Topliss-reactive ketones (excluding diaryl/α,β-unsaturated/α-hetero) is 1. The molecular weight excluding hydrogens is 338 g/mol. The smallest absolute Gasteiger partial charge is 0.163 e. The van der Waals surface area contributed by atoms with Crippen LogP contribution in [-0.2, 0) is 0 Å². The van der Waals surface area contributed by atoms with Gasteiger partial charge in [0, 0.05) is 33.1 Å². The van der Waals surface area contributed by atoms with E-state index in [1.54, 1.807) is 0 Å². The van der Waals surface area contributed by atoms with E-state index >= 15 is 0 Å². The highest BCUT2D eigenvalue weighted by molar-refractivity contribution is 9.10. The van der Waals surface area contributed by atoms with Gasteiger partial charge in [0.2, 0.25) is 0 Å². The third-order valence-electron chi connectivity index (χ3n) is 4.09. The molecule has 2 aromatic carbocycles. The second-order valence-corrected chi connectivity index (χ2v) is 6.66. The summed E-state index contributed by atoms with van der Waals surface area (Å²) in [6.45, 7) is 4.20. The van der Waals surface area contributed by atoms with Crippen molar-refractivity contribution in [2.75, 3.05) is 0 Å². The van der Waals surface area contributed by atoms with E-state index < -0.39 is 0 Å². The molecule has 22 heavy (non-hydrogen) atoms. The highest BCUT2D eigenvalue weighted by Crippen LogP contribution is 2.31. The molecule has 0 fully saturated rings. The molecule has 112 valence electrons. The molecule has 0 spiro atoms. The number of aryl methyl sites for hydroxylation is 1. The molecule has 2 nitrogen and oxygen atoms in total. The summed E-state index contributed by atoms with van der Waals surface area (Å²) < 4.78 is 0.990. The summed E-state index contributed by atoms with van der Waals surface area (Å²) >= 11 is 3.40. The Morgan fingerprint density at radius 2 is 1.82 bits per heavy atom. The van der Waals surface area contributed by atoms with E-state index in [4.69, 9.17) is 0 Å². The van der Waals surface area contributed by atoms with Crippen LogP contribution in [0.15, 0.2) is 53.0 Å². The standard InChI is InChI=1S/C19H18BrNO/c1-12(11-18(22)14-7-9-15(20)10-8-14)19-13(2)21-17-6-4-3-5-16(17)19/h3-10,12,21H,11H2,1-2H3/t12-/m1/s1. The van der Waals surface area contributed by atoms with E-state index in [1.807, 2.05) is 36.4 Å². The molecule has 0 saturated carbocycles. The third-order valence-corrected chi connectivity index (χ3v) is 4.62. The molecule has 0 aliphatic heterocycles. The van der Waals surface area contributed by atoms with Crippen molar-refractivity contribution < 1.29 is 4.79 Å². The van der Waals surface area contributed by atoms with Crippen LogP contribution in [0.5, 0.6) is 0 Å². The first-order valence-corrected chi connectivity index (χ1v) is 8.21. The number of hydrogen-bond acceptors (Lipinski definition) is 1. The van der Waals surface area contributed by atoms with Gasteiger partial charge in [-0.05, 0) is 36.6 Å². The topological polar surface area (TPSA) is 32.9 Å². The molecule has 1 aromatic heterocycles. The van der Waals surface area contributed by atoms with E-state index in [1.165, 1.54) is 10.9 Å². The Morgan fingerprint density at radius 1 is 1.14 bits per heavy atom. The number of nitrogens with one attached hydrogen (secondary N) is 1. The van der Waals surface area contributed by atoms with Gasteiger partial charge in [0.15, 0.2) is 5.78 Å². The van der Waals surface area contributed by atoms with E-state index in [0.29, 0.717) is 6.42 Å². The van der Waals surface area contributed by atoms with Gasteiger partial charge in [0.25, 0.3) is 0 Å². The molecule has 0 radical (unpaired) electrons. The molecule has 0 aliphatic carbocycles. The maximum Gasteiger partial charge on any atom is 0.163 e. The Labute approximate surface area is 138 Å². The molecule has 3 rings (SSSR count). The fourth-order valence-electron chi connectivity index (χ4n) is 3.07. The fourth-order valence-corrected chi connectivity index (χ4v) is 3.33. The number of fused-ring (bicyclic) bond motifs is 1. The lowest BCUT2D eigenvalue weighted by atomic mass is 9.91. The SMILES string of the molecule is Cc1[nH]c2ccccc2c1[C@H](C)CC(=O)c1ccc(Br)cc1. The summed E-state index contributed by atoms with van der Waals surface area (Å²) in [5.74, 6) is 0.372. The lowest BCUT2D eigenvalue weighted by molar-refractivity contribution is 0.0976.